The lowest BCUT2D eigenvalue weighted by molar-refractivity contribution is 0.807. The predicted octanol–water partition coefficient (Wildman–Crippen LogP) is 2.74. The summed E-state index contributed by atoms with van der Waals surface area (Å²) in [6, 6.07) is 10.3. The first-order chi connectivity index (χ1) is 5.81. The highest BCUT2D eigenvalue weighted by molar-refractivity contribution is 5.11. The molecule has 0 aliphatic rings. The van der Waals surface area contributed by atoms with Crippen molar-refractivity contribution in [1.29, 1.82) is 0 Å². The molecule has 0 saturated heterocycles. The maximum absolute atomic E-state index is 5.14. The van der Waals surface area contributed by atoms with E-state index >= 15 is 0 Å². The molecule has 0 spiro atoms. The van der Waals surface area contributed by atoms with Crippen LogP contribution >= 0.6 is 0 Å². The Morgan fingerprint density at radius 2 is 1.75 bits per heavy atom. The molecule has 0 atom stereocenters. The number of hydrogen-bond acceptors (Lipinski definition) is 1. The Kier molecular flexibility index (Phi) is 7.71. The second-order valence-electron chi connectivity index (χ2n) is 2.80. The fourth-order valence-corrected chi connectivity index (χ4v) is 0.739. The fourth-order valence-electron chi connectivity index (χ4n) is 0.739. The molecular formula is C11H19N. The predicted molar refractivity (Wildman–Crippen MR) is 55.1 cm³/mol. The first-order valence-electron chi connectivity index (χ1n) is 4.53. The molecule has 0 fully saturated rings. The molecule has 0 amide bonds. The normalized spacial score (nSPS) is 8.58. The van der Waals surface area contributed by atoms with Crippen LogP contribution in [0, 0.1) is 6.92 Å². The molecule has 0 bridgehead atoms. The van der Waals surface area contributed by atoms with Gasteiger partial charge in [-0.2, -0.15) is 0 Å². The van der Waals surface area contributed by atoms with E-state index in [4.69, 9.17) is 5.73 Å². The van der Waals surface area contributed by atoms with E-state index in [-0.39, 0.29) is 0 Å². The van der Waals surface area contributed by atoms with Crippen LogP contribution in [0.2, 0.25) is 0 Å². The average molecular weight is 165 g/mol. The van der Waals surface area contributed by atoms with Gasteiger partial charge < -0.3 is 5.73 Å². The Labute approximate surface area is 75.6 Å². The molecule has 0 unspecified atom stereocenters. The third-order valence-electron chi connectivity index (χ3n) is 1.50. The second-order valence-corrected chi connectivity index (χ2v) is 2.80. The second kappa shape index (κ2) is 8.28. The van der Waals surface area contributed by atoms with Crippen LogP contribution in [-0.4, -0.2) is 6.54 Å². The highest BCUT2D eigenvalue weighted by Gasteiger charge is 1.72. The van der Waals surface area contributed by atoms with Crippen molar-refractivity contribution in [3.8, 4) is 0 Å². The minimum atomic E-state index is 0.844. The van der Waals surface area contributed by atoms with Crippen molar-refractivity contribution in [2.45, 2.75) is 26.7 Å². The van der Waals surface area contributed by atoms with E-state index in [1.807, 2.05) is 18.2 Å². The number of nitrogens with two attached hydrogens (primary N) is 1. The molecular weight excluding hydrogens is 146 g/mol. The highest BCUT2D eigenvalue weighted by atomic mass is 14.5. The van der Waals surface area contributed by atoms with E-state index in [0.717, 1.165) is 6.54 Å². The van der Waals surface area contributed by atoms with Crippen molar-refractivity contribution >= 4 is 0 Å². The Morgan fingerprint density at radius 1 is 1.17 bits per heavy atom. The minimum Gasteiger partial charge on any atom is -0.330 e. The van der Waals surface area contributed by atoms with E-state index in [0.29, 0.717) is 0 Å². The first-order valence-corrected chi connectivity index (χ1v) is 4.53. The molecule has 2 N–H and O–H groups in total. The van der Waals surface area contributed by atoms with Gasteiger partial charge in [-0.25, -0.2) is 0 Å². The molecule has 1 rings (SSSR count). The zero-order valence-corrected chi connectivity index (χ0v) is 8.09. The number of aryl methyl sites for hydroxylation is 1. The average Bonchev–Trinajstić information content (AvgIpc) is 2.08. The molecule has 1 nitrogen and oxygen atoms in total. The zero-order chi connectivity index (χ0) is 9.23. The molecule has 68 valence electrons. The Hall–Kier alpha value is -0.820. The van der Waals surface area contributed by atoms with Crippen LogP contribution in [-0.2, 0) is 0 Å². The SMILES string of the molecule is CCCCN.Cc1ccccc1. The molecule has 0 radical (unpaired) electrons. The van der Waals surface area contributed by atoms with Gasteiger partial charge in [0.05, 0.1) is 0 Å². The Balaban J connectivity index is 0.000000217. The lowest BCUT2D eigenvalue weighted by Gasteiger charge is -1.82. The molecule has 1 heteroatoms. The lowest BCUT2D eigenvalue weighted by atomic mass is 10.2. The van der Waals surface area contributed by atoms with Crippen LogP contribution in [0.25, 0.3) is 0 Å². The van der Waals surface area contributed by atoms with Crippen molar-refractivity contribution in [2.75, 3.05) is 6.54 Å². The Bertz CT molecular complexity index is 168. The zero-order valence-electron chi connectivity index (χ0n) is 8.09. The van der Waals surface area contributed by atoms with Gasteiger partial charge in [0.1, 0.15) is 0 Å². The minimum absolute atomic E-state index is 0.844. The number of benzene rings is 1. The fraction of sp³-hybridized carbons (Fsp3) is 0.455. The van der Waals surface area contributed by atoms with Gasteiger partial charge in [-0.05, 0) is 19.9 Å². The van der Waals surface area contributed by atoms with E-state index in [2.05, 4.69) is 26.0 Å². The monoisotopic (exact) mass is 165 g/mol. The molecule has 12 heavy (non-hydrogen) atoms. The summed E-state index contributed by atoms with van der Waals surface area (Å²) in [6.07, 6.45) is 2.39. The summed E-state index contributed by atoms with van der Waals surface area (Å²) in [6.45, 7) is 5.06. The summed E-state index contributed by atoms with van der Waals surface area (Å²) in [5.41, 5.74) is 6.46. The van der Waals surface area contributed by atoms with Crippen molar-refractivity contribution in [3.05, 3.63) is 35.9 Å². The molecule has 1 aromatic carbocycles. The highest BCUT2D eigenvalue weighted by Crippen LogP contribution is 1.92. The van der Waals surface area contributed by atoms with E-state index in [1.165, 1.54) is 18.4 Å². The van der Waals surface area contributed by atoms with Crippen LogP contribution in [0.1, 0.15) is 25.3 Å². The van der Waals surface area contributed by atoms with Crippen LogP contribution in [0.4, 0.5) is 0 Å². The summed E-state index contributed by atoms with van der Waals surface area (Å²) in [7, 11) is 0. The maximum Gasteiger partial charge on any atom is -0.00774 e. The smallest absolute Gasteiger partial charge is 0.00774 e. The third kappa shape index (κ3) is 7.29. The van der Waals surface area contributed by atoms with Crippen LogP contribution < -0.4 is 5.73 Å². The molecule has 0 aliphatic heterocycles. The number of rotatable bonds is 2. The quantitative estimate of drug-likeness (QED) is 0.716. The summed E-state index contributed by atoms with van der Waals surface area (Å²) < 4.78 is 0. The van der Waals surface area contributed by atoms with Gasteiger partial charge in [0.2, 0.25) is 0 Å². The Morgan fingerprint density at radius 3 is 1.92 bits per heavy atom. The van der Waals surface area contributed by atoms with Gasteiger partial charge in [0.15, 0.2) is 0 Å². The maximum atomic E-state index is 5.14. The summed E-state index contributed by atoms with van der Waals surface area (Å²) in [5, 5.41) is 0. The van der Waals surface area contributed by atoms with Gasteiger partial charge in [0, 0.05) is 0 Å². The van der Waals surface area contributed by atoms with E-state index < -0.39 is 0 Å². The summed E-state index contributed by atoms with van der Waals surface area (Å²) in [4.78, 5) is 0. The molecule has 0 heterocycles. The third-order valence-corrected chi connectivity index (χ3v) is 1.50. The molecule has 0 aromatic heterocycles. The standard InChI is InChI=1S/C7H8.C4H11N/c1-7-5-3-2-4-6-7;1-2-3-4-5/h2-6H,1H3;2-5H2,1H3. The van der Waals surface area contributed by atoms with Crippen molar-refractivity contribution in [2.24, 2.45) is 5.73 Å². The topological polar surface area (TPSA) is 26.0 Å². The van der Waals surface area contributed by atoms with E-state index in [1.54, 1.807) is 0 Å². The van der Waals surface area contributed by atoms with Crippen molar-refractivity contribution < 1.29 is 0 Å². The summed E-state index contributed by atoms with van der Waals surface area (Å²) >= 11 is 0. The van der Waals surface area contributed by atoms with Crippen molar-refractivity contribution in [1.82, 2.24) is 0 Å². The van der Waals surface area contributed by atoms with Gasteiger partial charge in [0.25, 0.3) is 0 Å². The molecule has 0 aliphatic carbocycles. The van der Waals surface area contributed by atoms with Gasteiger partial charge in [-0.1, -0.05) is 49.2 Å². The van der Waals surface area contributed by atoms with Gasteiger partial charge >= 0.3 is 0 Å². The van der Waals surface area contributed by atoms with Crippen LogP contribution in [0.5, 0.6) is 0 Å². The number of unbranched alkanes of at least 4 members (excludes halogenated alkanes) is 1. The van der Waals surface area contributed by atoms with Crippen LogP contribution in [0.3, 0.4) is 0 Å². The first kappa shape index (κ1) is 11.2. The van der Waals surface area contributed by atoms with Gasteiger partial charge in [-0.3, -0.25) is 0 Å². The number of hydrogen-bond donors (Lipinski definition) is 1. The molecule has 1 aromatic rings. The largest absolute Gasteiger partial charge is 0.330 e. The molecule has 0 saturated carbocycles. The van der Waals surface area contributed by atoms with Crippen molar-refractivity contribution in [3.63, 3.8) is 0 Å². The lowest BCUT2D eigenvalue weighted by Crippen LogP contribution is -1.95. The summed E-state index contributed by atoms with van der Waals surface area (Å²) in [5.74, 6) is 0. The van der Waals surface area contributed by atoms with E-state index in [9.17, 15) is 0 Å². The van der Waals surface area contributed by atoms with Crippen LogP contribution in [0.15, 0.2) is 30.3 Å². The van der Waals surface area contributed by atoms with Gasteiger partial charge in [-0.15, -0.1) is 0 Å².